The lowest BCUT2D eigenvalue weighted by Gasteiger charge is -2.47. The van der Waals surface area contributed by atoms with Gasteiger partial charge < -0.3 is 19.1 Å². The summed E-state index contributed by atoms with van der Waals surface area (Å²) in [4.78, 5) is 4.84. The van der Waals surface area contributed by atoms with Crippen LogP contribution in [0.3, 0.4) is 0 Å². The Bertz CT molecular complexity index is 941. The number of piperidine rings is 1. The molecule has 0 bridgehead atoms. The zero-order valence-corrected chi connectivity index (χ0v) is 19.6. The molecule has 4 saturated heterocycles. The van der Waals surface area contributed by atoms with Gasteiger partial charge in [0.1, 0.15) is 28.8 Å². The Morgan fingerprint density at radius 2 is 1.94 bits per heavy atom. The van der Waals surface area contributed by atoms with E-state index in [1.807, 2.05) is 6.07 Å². The van der Waals surface area contributed by atoms with Crippen molar-refractivity contribution in [3.05, 3.63) is 35.1 Å². The van der Waals surface area contributed by atoms with Crippen molar-refractivity contribution in [3.8, 4) is 5.75 Å². The topological polar surface area (TPSA) is 60.0 Å². The molecule has 1 unspecified atom stereocenters. The molecule has 0 radical (unpaired) electrons. The van der Waals surface area contributed by atoms with Gasteiger partial charge in [0.05, 0.1) is 32.9 Å². The minimum atomic E-state index is -0.178. The maximum atomic E-state index is 14.2. The number of rotatable bonds is 5. The predicted octanol–water partition coefficient (Wildman–Crippen LogP) is 3.46. The highest BCUT2D eigenvalue weighted by molar-refractivity contribution is 7.13. The smallest absolute Gasteiger partial charge is 0.208 e. The van der Waals surface area contributed by atoms with Crippen LogP contribution in [0.15, 0.2) is 23.7 Å². The van der Waals surface area contributed by atoms with Crippen molar-refractivity contribution >= 4 is 16.5 Å². The Morgan fingerprint density at radius 3 is 2.70 bits per heavy atom. The Kier molecular flexibility index (Phi) is 5.98. The van der Waals surface area contributed by atoms with Crippen LogP contribution in [0.5, 0.6) is 5.75 Å². The van der Waals surface area contributed by atoms with Gasteiger partial charge in [0.15, 0.2) is 0 Å². The maximum absolute atomic E-state index is 14.2. The van der Waals surface area contributed by atoms with E-state index in [0.29, 0.717) is 12.0 Å². The average molecular weight is 475 g/mol. The molecule has 178 valence electrons. The first kappa shape index (κ1) is 21.7. The van der Waals surface area contributed by atoms with Gasteiger partial charge in [0.25, 0.3) is 0 Å². The summed E-state index contributed by atoms with van der Waals surface area (Å²) in [5, 5.41) is 9.11. The molecule has 1 spiro atoms. The fraction of sp³-hybridized carbons (Fsp3) is 0.667. The zero-order chi connectivity index (χ0) is 22.3. The second kappa shape index (κ2) is 9.09. The van der Waals surface area contributed by atoms with E-state index in [2.05, 4.69) is 20.0 Å². The van der Waals surface area contributed by atoms with Crippen molar-refractivity contribution in [3.63, 3.8) is 0 Å². The van der Waals surface area contributed by atoms with Crippen LogP contribution < -0.4 is 9.64 Å². The molecule has 2 aromatic rings. The minimum Gasteiger partial charge on any atom is -0.490 e. The van der Waals surface area contributed by atoms with Gasteiger partial charge in [-0.25, -0.2) is 4.39 Å². The zero-order valence-electron chi connectivity index (χ0n) is 18.8. The van der Waals surface area contributed by atoms with E-state index in [9.17, 15) is 4.39 Å². The SMILES string of the molecule is Fc1ccc(OC2CCOCC2)c(C2CCN(C3COC4(C3)CN(c3nncs3)C4)CC2)c1. The molecule has 0 aliphatic carbocycles. The van der Waals surface area contributed by atoms with Crippen molar-refractivity contribution in [1.82, 2.24) is 15.1 Å². The molecule has 9 heteroatoms. The molecule has 0 saturated carbocycles. The van der Waals surface area contributed by atoms with Crippen LogP contribution in [0.1, 0.15) is 43.6 Å². The van der Waals surface area contributed by atoms with Gasteiger partial charge in [-0.1, -0.05) is 11.3 Å². The summed E-state index contributed by atoms with van der Waals surface area (Å²) in [6.45, 7) is 6.12. The molecule has 0 amide bonds. The number of aromatic nitrogens is 2. The summed E-state index contributed by atoms with van der Waals surface area (Å²) in [5.41, 5.74) is 2.79. The summed E-state index contributed by atoms with van der Waals surface area (Å²) >= 11 is 1.58. The van der Waals surface area contributed by atoms with Crippen LogP contribution in [0, 0.1) is 5.82 Å². The quantitative estimate of drug-likeness (QED) is 0.658. The Balaban J connectivity index is 1.05. The third kappa shape index (κ3) is 4.48. The number of hydrogen-bond donors (Lipinski definition) is 0. The van der Waals surface area contributed by atoms with Gasteiger partial charge in [-0.05, 0) is 56.5 Å². The molecule has 7 nitrogen and oxygen atoms in total. The third-order valence-corrected chi connectivity index (χ3v) is 8.44. The summed E-state index contributed by atoms with van der Waals surface area (Å²) in [5.74, 6) is 1.01. The molecule has 1 atom stereocenters. The van der Waals surface area contributed by atoms with Gasteiger partial charge in [0, 0.05) is 24.4 Å². The van der Waals surface area contributed by atoms with Gasteiger partial charge in [-0.3, -0.25) is 4.90 Å². The van der Waals surface area contributed by atoms with Crippen LogP contribution in [0.4, 0.5) is 9.52 Å². The number of nitrogens with zero attached hydrogens (tertiary/aromatic N) is 4. The van der Waals surface area contributed by atoms with Crippen LogP contribution >= 0.6 is 11.3 Å². The largest absolute Gasteiger partial charge is 0.490 e. The Hall–Kier alpha value is -1.81. The van der Waals surface area contributed by atoms with Gasteiger partial charge in [-0.15, -0.1) is 10.2 Å². The molecule has 33 heavy (non-hydrogen) atoms. The lowest BCUT2D eigenvalue weighted by molar-refractivity contribution is -0.0195. The van der Waals surface area contributed by atoms with E-state index in [-0.39, 0.29) is 17.5 Å². The fourth-order valence-electron chi connectivity index (χ4n) is 5.86. The number of halogens is 1. The molecule has 1 aromatic carbocycles. The van der Waals surface area contributed by atoms with Crippen LogP contribution in [0.25, 0.3) is 0 Å². The van der Waals surface area contributed by atoms with Crippen molar-refractivity contribution in [2.75, 3.05) is 50.9 Å². The molecule has 0 N–H and O–H groups in total. The lowest BCUT2D eigenvalue weighted by Crippen LogP contribution is -2.62. The summed E-state index contributed by atoms with van der Waals surface area (Å²) < 4.78 is 32.2. The Morgan fingerprint density at radius 1 is 1.12 bits per heavy atom. The fourth-order valence-corrected chi connectivity index (χ4v) is 6.42. The number of hydrogen-bond acceptors (Lipinski definition) is 8. The molecule has 1 aromatic heterocycles. The molecule has 6 rings (SSSR count). The van der Waals surface area contributed by atoms with Crippen LogP contribution in [0.2, 0.25) is 0 Å². The van der Waals surface area contributed by atoms with Crippen molar-refractivity contribution in [2.45, 2.75) is 55.8 Å². The standard InChI is InChI=1S/C24H31FN4O3S/c25-18-1-2-22(32-20-5-9-30-10-6-20)21(11-18)17-3-7-28(8-4-17)19-12-24(31-13-19)14-29(15-24)23-27-26-16-33-23/h1-2,11,16-17,19-20H,3-10,12-15H2. The van der Waals surface area contributed by atoms with Crippen molar-refractivity contribution in [1.29, 1.82) is 0 Å². The number of benzene rings is 1. The molecule has 5 heterocycles. The van der Waals surface area contributed by atoms with E-state index in [1.54, 1.807) is 22.9 Å². The second-order valence-electron chi connectivity index (χ2n) is 9.85. The number of likely N-dealkylation sites (tertiary alicyclic amines) is 1. The van der Waals surface area contributed by atoms with E-state index < -0.39 is 0 Å². The highest BCUT2D eigenvalue weighted by atomic mass is 32.1. The number of ether oxygens (including phenoxy) is 3. The van der Waals surface area contributed by atoms with E-state index in [0.717, 1.165) is 94.5 Å². The molecular formula is C24H31FN4O3S. The first-order valence-electron chi connectivity index (χ1n) is 12.1. The second-order valence-corrected chi connectivity index (χ2v) is 10.7. The highest BCUT2D eigenvalue weighted by Crippen LogP contribution is 2.42. The molecule has 4 fully saturated rings. The molecular weight excluding hydrogens is 443 g/mol. The monoisotopic (exact) mass is 474 g/mol. The average Bonchev–Trinajstić information content (AvgIpc) is 3.51. The first-order valence-corrected chi connectivity index (χ1v) is 13.0. The van der Waals surface area contributed by atoms with E-state index >= 15 is 0 Å². The van der Waals surface area contributed by atoms with Crippen molar-refractivity contribution in [2.24, 2.45) is 0 Å². The third-order valence-electron chi connectivity index (χ3n) is 7.69. The van der Waals surface area contributed by atoms with Gasteiger partial charge in [-0.2, -0.15) is 0 Å². The normalized spacial score (nSPS) is 26.6. The highest BCUT2D eigenvalue weighted by Gasteiger charge is 2.51. The van der Waals surface area contributed by atoms with Gasteiger partial charge >= 0.3 is 0 Å². The number of anilines is 1. The Labute approximate surface area is 197 Å². The van der Waals surface area contributed by atoms with Gasteiger partial charge in [0.2, 0.25) is 5.13 Å². The molecule has 4 aliphatic heterocycles. The van der Waals surface area contributed by atoms with Crippen LogP contribution in [-0.4, -0.2) is 78.8 Å². The van der Waals surface area contributed by atoms with Crippen LogP contribution in [-0.2, 0) is 9.47 Å². The minimum absolute atomic E-state index is 0.0273. The maximum Gasteiger partial charge on any atom is 0.208 e. The molecule has 4 aliphatic rings. The van der Waals surface area contributed by atoms with Crippen molar-refractivity contribution < 1.29 is 18.6 Å². The summed E-state index contributed by atoms with van der Waals surface area (Å²) in [6.07, 6.45) is 5.08. The lowest BCUT2D eigenvalue weighted by atomic mass is 9.86. The summed E-state index contributed by atoms with van der Waals surface area (Å²) in [6, 6.07) is 5.50. The van der Waals surface area contributed by atoms with E-state index in [1.165, 1.54) is 6.07 Å². The first-order chi connectivity index (χ1) is 16.2. The summed E-state index contributed by atoms with van der Waals surface area (Å²) in [7, 11) is 0. The predicted molar refractivity (Wildman–Crippen MR) is 124 cm³/mol. The van der Waals surface area contributed by atoms with E-state index in [4.69, 9.17) is 14.2 Å².